The average molecular weight is 338 g/mol. The Morgan fingerprint density at radius 3 is 2.79 bits per heavy atom. The number of cyclic esters (lactones) is 1. The summed E-state index contributed by atoms with van der Waals surface area (Å²) in [6.45, 7) is 8.18. The van der Waals surface area contributed by atoms with Gasteiger partial charge in [0.1, 0.15) is 12.7 Å². The van der Waals surface area contributed by atoms with Crippen LogP contribution in [0.1, 0.15) is 46.0 Å². The lowest BCUT2D eigenvalue weighted by Crippen LogP contribution is -2.53. The number of allylic oxidation sites excluding steroid dienone is 2. The summed E-state index contributed by atoms with van der Waals surface area (Å²) >= 11 is 0. The largest absolute Gasteiger partial charge is 0.459 e. The molecule has 0 bridgehead atoms. The highest BCUT2D eigenvalue weighted by Crippen LogP contribution is 2.60. The molecule has 3 fully saturated rings. The van der Waals surface area contributed by atoms with Gasteiger partial charge >= 0.3 is 5.97 Å². The number of hydrogen-bond donors (Lipinski definition) is 2. The normalized spacial score (nSPS) is 47.6. The zero-order valence-corrected chi connectivity index (χ0v) is 14.4. The topological polar surface area (TPSA) is 66.8 Å². The van der Waals surface area contributed by atoms with Crippen molar-refractivity contribution in [3.63, 3.8) is 0 Å². The van der Waals surface area contributed by atoms with Crippen LogP contribution in [0.3, 0.4) is 0 Å². The molecule has 6 atom stereocenters. The Bertz CT molecular complexity index is 582. The summed E-state index contributed by atoms with van der Waals surface area (Å²) in [5, 5.41) is 19.9. The predicted octanol–water partition coefficient (Wildman–Crippen LogP) is 2.90. The van der Waals surface area contributed by atoms with Crippen molar-refractivity contribution in [3.05, 3.63) is 23.8 Å². The zero-order valence-electron chi connectivity index (χ0n) is 14.4. The molecule has 2 saturated carbocycles. The predicted molar refractivity (Wildman–Crippen MR) is 87.6 cm³/mol. The van der Waals surface area contributed by atoms with E-state index >= 15 is 0 Å². The summed E-state index contributed by atoms with van der Waals surface area (Å²) in [6, 6.07) is 0. The molecule has 3 aliphatic rings. The van der Waals surface area contributed by atoms with Gasteiger partial charge in [0.15, 0.2) is 0 Å². The van der Waals surface area contributed by atoms with Crippen LogP contribution in [0.5, 0.6) is 0 Å². The maximum Gasteiger partial charge on any atom is 0.336 e. The van der Waals surface area contributed by atoms with Crippen LogP contribution < -0.4 is 0 Å². The number of halogens is 1. The van der Waals surface area contributed by atoms with E-state index in [9.17, 15) is 19.4 Å². The maximum atomic E-state index is 14.4. The molecule has 3 rings (SSSR count). The molecular weight excluding hydrogens is 311 g/mol. The lowest BCUT2D eigenvalue weighted by Gasteiger charge is -2.56. The quantitative estimate of drug-likeness (QED) is 0.461. The van der Waals surface area contributed by atoms with Gasteiger partial charge in [0.05, 0.1) is 5.57 Å². The van der Waals surface area contributed by atoms with Crippen LogP contribution in [-0.4, -0.2) is 34.7 Å². The third kappa shape index (κ3) is 2.72. The summed E-state index contributed by atoms with van der Waals surface area (Å²) in [5.41, 5.74) is 1.28. The summed E-state index contributed by atoms with van der Waals surface area (Å²) in [6.07, 6.45) is 3.86. The van der Waals surface area contributed by atoms with Crippen LogP contribution in [-0.2, 0) is 9.53 Å². The Labute approximate surface area is 142 Å². The van der Waals surface area contributed by atoms with Gasteiger partial charge in [-0.1, -0.05) is 32.1 Å². The number of aliphatic hydroxyl groups excluding tert-OH is 1. The van der Waals surface area contributed by atoms with Gasteiger partial charge in [-0.25, -0.2) is 9.18 Å². The SMILES string of the molecule is C=C1CC[C@@H]2[C@@H](C)[C@@](O)(F)CC[C@@]2(C)[C@@H]1C/C=C1/C(=O)OC[C@H]1O. The number of carbonyl (C=O) groups excluding carboxylic acids is 1. The van der Waals surface area contributed by atoms with E-state index in [1.807, 2.05) is 0 Å². The minimum absolute atomic E-state index is 0.0160. The fraction of sp³-hybridized carbons (Fsp3) is 0.737. The maximum absolute atomic E-state index is 14.4. The van der Waals surface area contributed by atoms with Crippen molar-refractivity contribution in [2.75, 3.05) is 6.61 Å². The molecule has 5 heteroatoms. The first-order valence-corrected chi connectivity index (χ1v) is 8.81. The molecule has 0 amide bonds. The molecule has 0 unspecified atom stereocenters. The number of aliphatic hydroxyl groups is 2. The first-order valence-electron chi connectivity index (χ1n) is 8.81. The Kier molecular flexibility index (Phi) is 4.37. The van der Waals surface area contributed by atoms with Crippen molar-refractivity contribution < 1.29 is 24.1 Å². The Morgan fingerprint density at radius 2 is 2.17 bits per heavy atom. The van der Waals surface area contributed by atoms with E-state index < -0.39 is 23.8 Å². The van der Waals surface area contributed by atoms with E-state index in [4.69, 9.17) is 4.74 Å². The van der Waals surface area contributed by atoms with Gasteiger partial charge in [-0.2, -0.15) is 0 Å². The average Bonchev–Trinajstić information content (AvgIpc) is 2.83. The number of esters is 1. The third-order valence-electron chi connectivity index (χ3n) is 6.77. The molecule has 2 aliphatic carbocycles. The van der Waals surface area contributed by atoms with Gasteiger partial charge in [-0.15, -0.1) is 0 Å². The van der Waals surface area contributed by atoms with Crippen molar-refractivity contribution in [2.24, 2.45) is 23.2 Å². The van der Waals surface area contributed by atoms with E-state index in [1.165, 1.54) is 0 Å². The summed E-state index contributed by atoms with van der Waals surface area (Å²) in [5.74, 6) is -2.78. The molecule has 0 aromatic heterocycles. The number of ether oxygens (including phenoxy) is 1. The molecule has 1 aliphatic heterocycles. The molecule has 134 valence electrons. The van der Waals surface area contributed by atoms with Crippen LogP contribution in [0.15, 0.2) is 23.8 Å². The van der Waals surface area contributed by atoms with Crippen molar-refractivity contribution in [3.8, 4) is 0 Å². The van der Waals surface area contributed by atoms with Crippen LogP contribution in [0.2, 0.25) is 0 Å². The first-order chi connectivity index (χ1) is 11.2. The van der Waals surface area contributed by atoms with Gasteiger partial charge in [0, 0.05) is 12.3 Å². The van der Waals surface area contributed by atoms with Gasteiger partial charge in [0.2, 0.25) is 5.85 Å². The fourth-order valence-corrected chi connectivity index (χ4v) is 5.09. The molecule has 24 heavy (non-hydrogen) atoms. The number of fused-ring (bicyclic) bond motifs is 1. The second-order valence-corrected chi connectivity index (χ2v) is 7.98. The highest BCUT2D eigenvalue weighted by molar-refractivity contribution is 5.91. The molecular formula is C19H27FO4. The highest BCUT2D eigenvalue weighted by atomic mass is 19.2. The van der Waals surface area contributed by atoms with Crippen LogP contribution >= 0.6 is 0 Å². The van der Waals surface area contributed by atoms with Gasteiger partial charge < -0.3 is 14.9 Å². The minimum atomic E-state index is -2.10. The molecule has 0 spiro atoms. The highest BCUT2D eigenvalue weighted by Gasteiger charge is 2.56. The third-order valence-corrected chi connectivity index (χ3v) is 6.77. The van der Waals surface area contributed by atoms with E-state index in [2.05, 4.69) is 13.5 Å². The molecule has 0 radical (unpaired) electrons. The lowest BCUT2D eigenvalue weighted by molar-refractivity contribution is -0.207. The molecule has 0 aromatic carbocycles. The van der Waals surface area contributed by atoms with E-state index in [0.29, 0.717) is 18.4 Å². The number of rotatable bonds is 2. The smallest absolute Gasteiger partial charge is 0.336 e. The lowest BCUT2D eigenvalue weighted by atomic mass is 9.50. The van der Waals surface area contributed by atoms with Crippen molar-refractivity contribution in [1.82, 2.24) is 0 Å². The van der Waals surface area contributed by atoms with E-state index in [0.717, 1.165) is 18.4 Å². The minimum Gasteiger partial charge on any atom is -0.459 e. The Morgan fingerprint density at radius 1 is 1.46 bits per heavy atom. The Hall–Kier alpha value is -1.20. The zero-order chi connectivity index (χ0) is 17.7. The van der Waals surface area contributed by atoms with Gasteiger partial charge in [-0.3, -0.25) is 0 Å². The van der Waals surface area contributed by atoms with E-state index in [1.54, 1.807) is 13.0 Å². The second-order valence-electron chi connectivity index (χ2n) is 7.98. The monoisotopic (exact) mass is 338 g/mol. The van der Waals surface area contributed by atoms with Crippen LogP contribution in [0, 0.1) is 23.2 Å². The first kappa shape index (κ1) is 17.6. The van der Waals surface area contributed by atoms with Crippen molar-refractivity contribution >= 4 is 5.97 Å². The number of alkyl halides is 1. The molecule has 4 nitrogen and oxygen atoms in total. The van der Waals surface area contributed by atoms with Crippen molar-refractivity contribution in [1.29, 1.82) is 0 Å². The molecule has 2 N–H and O–H groups in total. The van der Waals surface area contributed by atoms with Gasteiger partial charge in [0.25, 0.3) is 0 Å². The molecule has 1 saturated heterocycles. The summed E-state index contributed by atoms with van der Waals surface area (Å²) in [4.78, 5) is 11.7. The fourth-order valence-electron chi connectivity index (χ4n) is 5.09. The molecule has 0 aromatic rings. The van der Waals surface area contributed by atoms with Crippen molar-refractivity contribution in [2.45, 2.75) is 57.9 Å². The van der Waals surface area contributed by atoms with Crippen LogP contribution in [0.25, 0.3) is 0 Å². The molecule has 1 heterocycles. The Balaban J connectivity index is 1.85. The summed E-state index contributed by atoms with van der Waals surface area (Å²) < 4.78 is 19.2. The van der Waals surface area contributed by atoms with Gasteiger partial charge in [-0.05, 0) is 42.9 Å². The second kappa shape index (κ2) is 5.95. The number of carbonyl (C=O) groups is 1. The summed E-state index contributed by atoms with van der Waals surface area (Å²) in [7, 11) is 0. The van der Waals surface area contributed by atoms with E-state index in [-0.39, 0.29) is 30.3 Å². The standard InChI is InChI=1S/C19H27FO4/c1-11-4-6-15-12(2)19(20,23)9-8-18(15,3)14(11)7-5-13-16(21)10-24-17(13)22/h5,12,14-16,21,23H,1,4,6-10H2,2-3H3/b13-5+/t12-,14-,15-,16-,18+,19-/m1/s1. The number of hydrogen-bond acceptors (Lipinski definition) is 4. The van der Waals surface area contributed by atoms with Crippen LogP contribution in [0.4, 0.5) is 4.39 Å².